The molecule has 0 aliphatic heterocycles. The zero-order valence-corrected chi connectivity index (χ0v) is 13.3. The lowest BCUT2D eigenvalue weighted by Crippen LogP contribution is -2.15. The normalized spacial score (nSPS) is 10.7. The van der Waals surface area contributed by atoms with E-state index in [0.29, 0.717) is 24.0 Å². The Hall–Kier alpha value is -1.64. The minimum Gasteiger partial charge on any atom is -0.383 e. The van der Waals surface area contributed by atoms with Crippen LogP contribution in [-0.2, 0) is 16.1 Å². The predicted molar refractivity (Wildman–Crippen MR) is 82.7 cm³/mol. The van der Waals surface area contributed by atoms with E-state index in [2.05, 4.69) is 15.5 Å². The molecule has 1 amide bonds. The molecule has 0 spiro atoms. The van der Waals surface area contributed by atoms with Gasteiger partial charge in [0.2, 0.25) is 5.91 Å². The van der Waals surface area contributed by atoms with Crippen LogP contribution in [0.1, 0.15) is 0 Å². The second kappa shape index (κ2) is 8.11. The van der Waals surface area contributed by atoms with E-state index in [-0.39, 0.29) is 16.7 Å². The molecule has 0 radical (unpaired) electrons. The van der Waals surface area contributed by atoms with Gasteiger partial charge in [0, 0.05) is 19.3 Å². The highest BCUT2D eigenvalue weighted by Gasteiger charge is 2.10. The van der Waals surface area contributed by atoms with Gasteiger partial charge in [0.15, 0.2) is 5.16 Å². The van der Waals surface area contributed by atoms with Crippen LogP contribution in [0, 0.1) is 5.82 Å². The van der Waals surface area contributed by atoms with E-state index < -0.39 is 5.82 Å². The van der Waals surface area contributed by atoms with Crippen molar-refractivity contribution in [3.8, 4) is 0 Å². The topological polar surface area (TPSA) is 69.0 Å². The highest BCUT2D eigenvalue weighted by Crippen LogP contribution is 2.20. The van der Waals surface area contributed by atoms with Crippen LogP contribution in [0.3, 0.4) is 0 Å². The summed E-state index contributed by atoms with van der Waals surface area (Å²) in [5, 5.41) is 11.0. The van der Waals surface area contributed by atoms with Gasteiger partial charge in [-0.05, 0) is 18.2 Å². The number of amides is 1. The minimum atomic E-state index is -0.528. The van der Waals surface area contributed by atoms with Gasteiger partial charge < -0.3 is 14.6 Å². The third-order valence-electron chi connectivity index (χ3n) is 2.65. The summed E-state index contributed by atoms with van der Waals surface area (Å²) in [6, 6.07) is 4.01. The molecule has 1 aromatic carbocycles. The summed E-state index contributed by atoms with van der Waals surface area (Å²) in [5.74, 6) is -0.616. The summed E-state index contributed by atoms with van der Waals surface area (Å²) >= 11 is 6.91. The van der Waals surface area contributed by atoms with Gasteiger partial charge in [-0.25, -0.2) is 4.39 Å². The molecule has 9 heteroatoms. The van der Waals surface area contributed by atoms with Gasteiger partial charge in [0.25, 0.3) is 0 Å². The van der Waals surface area contributed by atoms with Crippen LogP contribution in [-0.4, -0.2) is 40.1 Å². The van der Waals surface area contributed by atoms with Crippen molar-refractivity contribution in [3.63, 3.8) is 0 Å². The number of rotatable bonds is 7. The molecule has 0 aliphatic carbocycles. The number of hydrogen-bond acceptors (Lipinski definition) is 5. The predicted octanol–water partition coefficient (Wildman–Crippen LogP) is 2.45. The number of hydrogen-bond donors (Lipinski definition) is 1. The number of anilines is 1. The monoisotopic (exact) mass is 344 g/mol. The maximum atomic E-state index is 13.0. The third-order valence-corrected chi connectivity index (χ3v) is 3.92. The van der Waals surface area contributed by atoms with Crippen molar-refractivity contribution >= 4 is 35.0 Å². The lowest BCUT2D eigenvalue weighted by atomic mass is 10.3. The SMILES string of the molecule is COCCn1cnnc1SCC(=O)Nc1ccc(F)c(Cl)c1. The molecular weight excluding hydrogens is 331 g/mol. The number of carbonyl (C=O) groups excluding carboxylic acids is 1. The summed E-state index contributed by atoms with van der Waals surface area (Å²) in [7, 11) is 1.61. The standard InChI is InChI=1S/C13H14ClFN4O2S/c1-21-5-4-19-8-16-18-13(19)22-7-12(20)17-9-2-3-11(15)10(14)6-9/h2-3,6,8H,4-5,7H2,1H3,(H,17,20). The maximum absolute atomic E-state index is 13.0. The molecular formula is C13H14ClFN4O2S. The fraction of sp³-hybridized carbons (Fsp3) is 0.308. The van der Waals surface area contributed by atoms with E-state index in [1.54, 1.807) is 18.0 Å². The maximum Gasteiger partial charge on any atom is 0.234 e. The second-order valence-corrected chi connectivity index (χ2v) is 5.62. The van der Waals surface area contributed by atoms with E-state index in [1.165, 1.54) is 30.0 Å². The van der Waals surface area contributed by atoms with Crippen molar-refractivity contribution in [1.29, 1.82) is 0 Å². The lowest BCUT2D eigenvalue weighted by Gasteiger charge is -2.07. The first-order valence-corrected chi connectivity index (χ1v) is 7.71. The van der Waals surface area contributed by atoms with Gasteiger partial charge in [-0.2, -0.15) is 0 Å². The highest BCUT2D eigenvalue weighted by atomic mass is 35.5. The number of carbonyl (C=O) groups is 1. The van der Waals surface area contributed by atoms with Gasteiger partial charge in [-0.15, -0.1) is 10.2 Å². The van der Waals surface area contributed by atoms with Crippen LogP contribution in [0.4, 0.5) is 10.1 Å². The average Bonchev–Trinajstić information content (AvgIpc) is 2.94. The van der Waals surface area contributed by atoms with Gasteiger partial charge in [0.05, 0.1) is 17.4 Å². The lowest BCUT2D eigenvalue weighted by molar-refractivity contribution is -0.113. The number of benzene rings is 1. The Morgan fingerprint density at radius 3 is 3.09 bits per heavy atom. The molecule has 22 heavy (non-hydrogen) atoms. The molecule has 1 aromatic heterocycles. The molecule has 1 heterocycles. The summed E-state index contributed by atoms with van der Waals surface area (Å²) in [6.45, 7) is 1.15. The number of methoxy groups -OCH3 is 1. The largest absolute Gasteiger partial charge is 0.383 e. The number of halogens is 2. The first kappa shape index (κ1) is 16.7. The van der Waals surface area contributed by atoms with E-state index in [9.17, 15) is 9.18 Å². The van der Waals surface area contributed by atoms with Crippen molar-refractivity contribution < 1.29 is 13.9 Å². The van der Waals surface area contributed by atoms with Crippen molar-refractivity contribution in [1.82, 2.24) is 14.8 Å². The summed E-state index contributed by atoms with van der Waals surface area (Å²) in [5.41, 5.74) is 0.442. The molecule has 1 N–H and O–H groups in total. The molecule has 0 bridgehead atoms. The van der Waals surface area contributed by atoms with Crippen molar-refractivity contribution in [2.45, 2.75) is 11.7 Å². The van der Waals surface area contributed by atoms with E-state index >= 15 is 0 Å². The fourth-order valence-electron chi connectivity index (χ4n) is 1.60. The van der Waals surface area contributed by atoms with Gasteiger partial charge in [-0.1, -0.05) is 23.4 Å². The number of nitrogens with zero attached hydrogens (tertiary/aromatic N) is 3. The molecule has 2 aromatic rings. The summed E-state index contributed by atoms with van der Waals surface area (Å²) in [4.78, 5) is 11.9. The highest BCUT2D eigenvalue weighted by molar-refractivity contribution is 7.99. The zero-order valence-electron chi connectivity index (χ0n) is 11.8. The molecule has 118 valence electrons. The molecule has 2 rings (SSSR count). The number of aromatic nitrogens is 3. The number of thioether (sulfide) groups is 1. The summed E-state index contributed by atoms with van der Waals surface area (Å²) in [6.07, 6.45) is 1.58. The Morgan fingerprint density at radius 2 is 2.36 bits per heavy atom. The smallest absolute Gasteiger partial charge is 0.234 e. The Morgan fingerprint density at radius 1 is 1.55 bits per heavy atom. The average molecular weight is 345 g/mol. The minimum absolute atomic E-state index is 0.0373. The molecule has 0 unspecified atom stereocenters. The Balaban J connectivity index is 1.87. The molecule has 0 saturated carbocycles. The van der Waals surface area contributed by atoms with Crippen LogP contribution in [0.5, 0.6) is 0 Å². The Labute approximate surface area is 136 Å². The Bertz CT molecular complexity index is 653. The molecule has 0 aliphatic rings. The molecule has 0 atom stereocenters. The van der Waals surface area contributed by atoms with Crippen molar-refractivity contribution in [3.05, 3.63) is 35.4 Å². The van der Waals surface area contributed by atoms with Gasteiger partial charge in [0.1, 0.15) is 12.1 Å². The van der Waals surface area contributed by atoms with E-state index in [4.69, 9.17) is 16.3 Å². The molecule has 0 saturated heterocycles. The fourth-order valence-corrected chi connectivity index (χ4v) is 2.52. The zero-order chi connectivity index (χ0) is 15.9. The van der Waals surface area contributed by atoms with Crippen LogP contribution < -0.4 is 5.32 Å². The van der Waals surface area contributed by atoms with E-state index in [1.807, 2.05) is 0 Å². The van der Waals surface area contributed by atoms with Crippen molar-refractivity contribution in [2.24, 2.45) is 0 Å². The molecule has 6 nitrogen and oxygen atoms in total. The number of ether oxygens (including phenoxy) is 1. The van der Waals surface area contributed by atoms with Crippen LogP contribution in [0.2, 0.25) is 5.02 Å². The first-order valence-electron chi connectivity index (χ1n) is 6.34. The quantitative estimate of drug-likeness (QED) is 0.781. The summed E-state index contributed by atoms with van der Waals surface area (Å²) < 4.78 is 19.8. The molecule has 0 fully saturated rings. The second-order valence-electron chi connectivity index (χ2n) is 4.27. The van der Waals surface area contributed by atoms with Crippen molar-refractivity contribution in [2.75, 3.05) is 24.8 Å². The van der Waals surface area contributed by atoms with Crippen LogP contribution in [0.25, 0.3) is 0 Å². The third kappa shape index (κ3) is 4.69. The van der Waals surface area contributed by atoms with E-state index in [0.717, 1.165) is 0 Å². The van der Waals surface area contributed by atoms with Crippen LogP contribution in [0.15, 0.2) is 29.7 Å². The first-order chi connectivity index (χ1) is 10.6. The van der Waals surface area contributed by atoms with Crippen LogP contribution >= 0.6 is 23.4 Å². The van der Waals surface area contributed by atoms with Gasteiger partial charge >= 0.3 is 0 Å². The Kier molecular flexibility index (Phi) is 6.17. The number of nitrogens with one attached hydrogen (secondary N) is 1. The van der Waals surface area contributed by atoms with Gasteiger partial charge in [-0.3, -0.25) is 4.79 Å².